The number of furan rings is 1. The molecule has 2 heterocycles. The number of rotatable bonds is 6. The summed E-state index contributed by atoms with van der Waals surface area (Å²) >= 11 is 1.58. The standard InChI is InChI=1S/C19H16F3NO2S/c20-19(21,22)16-4-1-3-15(11-16)18(24)23(12-14-7-9-25-13-14)8-6-17-5-2-10-26-17/h1-5,7,9-11,13H,6,8,12H2. The molecule has 3 nitrogen and oxygen atoms in total. The Bertz CT molecular complexity index is 842. The van der Waals surface area contributed by atoms with Gasteiger partial charge in [-0.25, -0.2) is 0 Å². The van der Waals surface area contributed by atoms with E-state index in [1.807, 2.05) is 17.5 Å². The van der Waals surface area contributed by atoms with Crippen LogP contribution in [-0.4, -0.2) is 17.4 Å². The molecule has 0 saturated carbocycles. The van der Waals surface area contributed by atoms with Crippen LogP contribution in [0.1, 0.15) is 26.4 Å². The van der Waals surface area contributed by atoms with Crippen LogP contribution in [0.25, 0.3) is 0 Å². The summed E-state index contributed by atoms with van der Waals surface area (Å²) in [7, 11) is 0. The second-order valence-corrected chi connectivity index (χ2v) is 6.80. The van der Waals surface area contributed by atoms with E-state index in [4.69, 9.17) is 4.42 Å². The van der Waals surface area contributed by atoms with Crippen LogP contribution < -0.4 is 0 Å². The van der Waals surface area contributed by atoms with Gasteiger partial charge in [-0.15, -0.1) is 11.3 Å². The number of nitrogens with zero attached hydrogens (tertiary/aromatic N) is 1. The highest BCUT2D eigenvalue weighted by Gasteiger charge is 2.31. The smallest absolute Gasteiger partial charge is 0.416 e. The van der Waals surface area contributed by atoms with Crippen LogP contribution in [0, 0.1) is 0 Å². The molecule has 3 aromatic rings. The summed E-state index contributed by atoms with van der Waals surface area (Å²) in [6, 6.07) is 10.1. The Labute approximate surface area is 152 Å². The van der Waals surface area contributed by atoms with Gasteiger partial charge in [-0.1, -0.05) is 12.1 Å². The number of halogens is 3. The summed E-state index contributed by atoms with van der Waals surface area (Å²) in [5.74, 6) is -0.436. The van der Waals surface area contributed by atoms with Crippen LogP contribution in [0.15, 0.2) is 64.8 Å². The first-order chi connectivity index (χ1) is 12.4. The zero-order chi connectivity index (χ0) is 18.6. The summed E-state index contributed by atoms with van der Waals surface area (Å²) < 4.78 is 43.8. The Balaban J connectivity index is 1.81. The van der Waals surface area contributed by atoms with Crippen molar-refractivity contribution in [3.8, 4) is 0 Å². The lowest BCUT2D eigenvalue weighted by atomic mass is 10.1. The predicted molar refractivity (Wildman–Crippen MR) is 92.9 cm³/mol. The largest absolute Gasteiger partial charge is 0.472 e. The number of benzene rings is 1. The zero-order valence-electron chi connectivity index (χ0n) is 13.7. The molecule has 0 bridgehead atoms. The molecule has 3 rings (SSSR count). The first-order valence-corrected chi connectivity index (χ1v) is 8.81. The molecule has 0 aliphatic heterocycles. The molecule has 0 N–H and O–H groups in total. The third-order valence-corrected chi connectivity index (χ3v) is 4.82. The van der Waals surface area contributed by atoms with Gasteiger partial charge in [0.05, 0.1) is 18.1 Å². The van der Waals surface area contributed by atoms with Crippen LogP contribution >= 0.6 is 11.3 Å². The first kappa shape index (κ1) is 18.3. The minimum atomic E-state index is -4.48. The van der Waals surface area contributed by atoms with Crippen molar-refractivity contribution in [2.45, 2.75) is 19.1 Å². The molecule has 0 unspecified atom stereocenters. The molecule has 0 fully saturated rings. The minimum Gasteiger partial charge on any atom is -0.472 e. The van der Waals surface area contributed by atoms with Crippen LogP contribution in [0.3, 0.4) is 0 Å². The van der Waals surface area contributed by atoms with Crippen molar-refractivity contribution in [3.63, 3.8) is 0 Å². The molecule has 0 spiro atoms. The zero-order valence-corrected chi connectivity index (χ0v) is 14.5. The van der Waals surface area contributed by atoms with Gasteiger partial charge < -0.3 is 9.32 Å². The summed E-state index contributed by atoms with van der Waals surface area (Å²) in [5.41, 5.74) is -0.0177. The van der Waals surface area contributed by atoms with Crippen LogP contribution in [0.4, 0.5) is 13.2 Å². The topological polar surface area (TPSA) is 33.5 Å². The van der Waals surface area contributed by atoms with Crippen molar-refractivity contribution >= 4 is 17.2 Å². The lowest BCUT2D eigenvalue weighted by Gasteiger charge is -2.22. The van der Waals surface area contributed by atoms with E-state index in [2.05, 4.69) is 0 Å². The molecule has 0 saturated heterocycles. The van der Waals surface area contributed by atoms with Gasteiger partial charge in [0.1, 0.15) is 0 Å². The van der Waals surface area contributed by atoms with E-state index < -0.39 is 17.6 Å². The highest BCUT2D eigenvalue weighted by molar-refractivity contribution is 7.09. The highest BCUT2D eigenvalue weighted by atomic mass is 32.1. The fourth-order valence-electron chi connectivity index (χ4n) is 2.57. The predicted octanol–water partition coefficient (Wildman–Crippen LogP) is 5.25. The normalized spacial score (nSPS) is 11.5. The quantitative estimate of drug-likeness (QED) is 0.586. The van der Waals surface area contributed by atoms with Crippen molar-refractivity contribution in [2.24, 2.45) is 0 Å². The van der Waals surface area contributed by atoms with Gasteiger partial charge in [0.2, 0.25) is 0 Å². The minimum absolute atomic E-state index is 0.0227. The molecule has 1 aromatic carbocycles. The second-order valence-electron chi connectivity index (χ2n) is 5.77. The fraction of sp³-hybridized carbons (Fsp3) is 0.211. The summed E-state index contributed by atoms with van der Waals surface area (Å²) in [5, 5.41) is 1.95. The van der Waals surface area contributed by atoms with Gasteiger partial charge in [-0.3, -0.25) is 4.79 Å². The molecule has 0 radical (unpaired) electrons. The Hall–Kier alpha value is -2.54. The molecule has 0 atom stereocenters. The van der Waals surface area contributed by atoms with Crippen molar-refractivity contribution in [1.29, 1.82) is 0 Å². The molecule has 136 valence electrons. The molecular weight excluding hydrogens is 363 g/mol. The van der Waals surface area contributed by atoms with Crippen LogP contribution in [-0.2, 0) is 19.1 Å². The average molecular weight is 379 g/mol. The van der Waals surface area contributed by atoms with Gasteiger partial charge in [-0.2, -0.15) is 13.2 Å². The van der Waals surface area contributed by atoms with Gasteiger partial charge in [0.25, 0.3) is 5.91 Å². The molecule has 0 aliphatic carbocycles. The number of hydrogen-bond acceptors (Lipinski definition) is 3. The Morgan fingerprint density at radius 1 is 1.15 bits per heavy atom. The van der Waals surface area contributed by atoms with E-state index in [1.54, 1.807) is 22.3 Å². The van der Waals surface area contributed by atoms with E-state index >= 15 is 0 Å². The summed E-state index contributed by atoms with van der Waals surface area (Å²) in [4.78, 5) is 15.5. The van der Waals surface area contributed by atoms with Gasteiger partial charge >= 0.3 is 6.18 Å². The SMILES string of the molecule is O=C(c1cccc(C(F)(F)F)c1)N(CCc1cccs1)Cc1ccoc1. The number of amides is 1. The average Bonchev–Trinajstić information content (AvgIpc) is 3.31. The van der Waals surface area contributed by atoms with E-state index in [0.717, 1.165) is 22.6 Å². The summed E-state index contributed by atoms with van der Waals surface area (Å²) in [6.07, 6.45) is -0.818. The van der Waals surface area contributed by atoms with E-state index in [0.29, 0.717) is 13.0 Å². The summed E-state index contributed by atoms with van der Waals surface area (Å²) in [6.45, 7) is 0.678. The Morgan fingerprint density at radius 2 is 2.00 bits per heavy atom. The molecule has 26 heavy (non-hydrogen) atoms. The third-order valence-electron chi connectivity index (χ3n) is 3.89. The van der Waals surface area contributed by atoms with E-state index in [9.17, 15) is 18.0 Å². The third kappa shape index (κ3) is 4.54. The second kappa shape index (κ2) is 7.78. The maximum atomic E-state index is 12.9. The Morgan fingerprint density at radius 3 is 2.65 bits per heavy atom. The number of hydrogen-bond donors (Lipinski definition) is 0. The van der Waals surface area contributed by atoms with Crippen molar-refractivity contribution < 1.29 is 22.4 Å². The number of thiophene rings is 1. The van der Waals surface area contributed by atoms with E-state index in [1.165, 1.54) is 24.7 Å². The lowest BCUT2D eigenvalue weighted by Crippen LogP contribution is -2.32. The number of alkyl halides is 3. The fourth-order valence-corrected chi connectivity index (χ4v) is 3.26. The van der Waals surface area contributed by atoms with Crippen molar-refractivity contribution in [1.82, 2.24) is 4.90 Å². The van der Waals surface area contributed by atoms with Crippen LogP contribution in [0.2, 0.25) is 0 Å². The molecule has 1 amide bonds. The maximum Gasteiger partial charge on any atom is 0.416 e. The highest BCUT2D eigenvalue weighted by Crippen LogP contribution is 2.30. The molecule has 0 aliphatic rings. The van der Waals surface area contributed by atoms with Crippen molar-refractivity contribution in [2.75, 3.05) is 6.54 Å². The molecular formula is C19H16F3NO2S. The van der Waals surface area contributed by atoms with Crippen molar-refractivity contribution in [3.05, 3.63) is 81.9 Å². The van der Waals surface area contributed by atoms with Crippen LogP contribution in [0.5, 0.6) is 0 Å². The lowest BCUT2D eigenvalue weighted by molar-refractivity contribution is -0.137. The monoisotopic (exact) mass is 379 g/mol. The van der Waals surface area contributed by atoms with Gasteiger partial charge in [-0.05, 0) is 42.1 Å². The maximum absolute atomic E-state index is 12.9. The first-order valence-electron chi connectivity index (χ1n) is 7.93. The van der Waals surface area contributed by atoms with E-state index in [-0.39, 0.29) is 12.1 Å². The molecule has 7 heteroatoms. The van der Waals surface area contributed by atoms with Gasteiger partial charge in [0.15, 0.2) is 0 Å². The number of carbonyl (C=O) groups is 1. The molecule has 2 aromatic heterocycles. The van der Waals surface area contributed by atoms with Gasteiger partial charge in [0, 0.05) is 29.1 Å². The Kier molecular flexibility index (Phi) is 5.46. The number of carbonyl (C=O) groups excluding carboxylic acids is 1.